The molecular formula is C18H18N4O. The highest BCUT2D eigenvalue weighted by Crippen LogP contribution is 2.22. The fourth-order valence-corrected chi connectivity index (χ4v) is 3.16. The number of benzene rings is 1. The molecule has 0 atom stereocenters. The summed E-state index contributed by atoms with van der Waals surface area (Å²) in [5.41, 5.74) is 5.88. The Balaban J connectivity index is 1.64. The number of carbonyl (C=O) groups is 1. The van der Waals surface area contributed by atoms with E-state index in [9.17, 15) is 4.79 Å². The molecule has 4 rings (SSSR count). The first-order valence-corrected chi connectivity index (χ1v) is 7.78. The lowest BCUT2D eigenvalue weighted by Crippen LogP contribution is -2.27. The monoisotopic (exact) mass is 306 g/mol. The van der Waals surface area contributed by atoms with Crippen LogP contribution in [0.5, 0.6) is 0 Å². The molecule has 3 heterocycles. The molecule has 1 aliphatic rings. The number of H-pyrrole nitrogens is 1. The zero-order valence-electron chi connectivity index (χ0n) is 12.9. The number of aromatic amines is 1. The van der Waals surface area contributed by atoms with E-state index in [-0.39, 0.29) is 5.91 Å². The van der Waals surface area contributed by atoms with Gasteiger partial charge in [0, 0.05) is 41.2 Å². The number of rotatable bonds is 2. The molecule has 0 unspecified atom stereocenters. The summed E-state index contributed by atoms with van der Waals surface area (Å²) in [6.07, 6.45) is 4.36. The van der Waals surface area contributed by atoms with E-state index in [2.05, 4.69) is 26.7 Å². The normalized spacial score (nSPS) is 13.8. The number of anilines is 1. The van der Waals surface area contributed by atoms with E-state index in [1.165, 1.54) is 0 Å². The number of nitrogens with one attached hydrogen (secondary N) is 3. The molecule has 0 saturated heterocycles. The molecule has 116 valence electrons. The quantitative estimate of drug-likeness (QED) is 0.682. The maximum absolute atomic E-state index is 12.6. The second-order valence-electron chi connectivity index (χ2n) is 5.96. The SMILES string of the molecule is Cc1cc2cc(NC(=O)c3cncc4c3CCNC4)ccc2[nH]1. The van der Waals surface area contributed by atoms with Gasteiger partial charge in [-0.05, 0) is 55.3 Å². The van der Waals surface area contributed by atoms with Gasteiger partial charge in [0.2, 0.25) is 0 Å². The minimum absolute atomic E-state index is 0.0946. The number of fused-ring (bicyclic) bond motifs is 2. The predicted molar refractivity (Wildman–Crippen MR) is 90.6 cm³/mol. The average molecular weight is 306 g/mol. The first kappa shape index (κ1) is 14.0. The fourth-order valence-electron chi connectivity index (χ4n) is 3.16. The van der Waals surface area contributed by atoms with Crippen LogP contribution in [0.2, 0.25) is 0 Å². The van der Waals surface area contributed by atoms with Crippen molar-refractivity contribution in [2.75, 3.05) is 11.9 Å². The lowest BCUT2D eigenvalue weighted by atomic mass is 9.98. The van der Waals surface area contributed by atoms with Crippen molar-refractivity contribution in [3.63, 3.8) is 0 Å². The van der Waals surface area contributed by atoms with E-state index < -0.39 is 0 Å². The van der Waals surface area contributed by atoms with E-state index in [1.54, 1.807) is 6.20 Å². The van der Waals surface area contributed by atoms with E-state index in [0.29, 0.717) is 5.56 Å². The Morgan fingerprint density at radius 3 is 3.09 bits per heavy atom. The molecule has 5 heteroatoms. The van der Waals surface area contributed by atoms with Gasteiger partial charge in [-0.15, -0.1) is 0 Å². The van der Waals surface area contributed by atoms with Gasteiger partial charge in [-0.3, -0.25) is 9.78 Å². The van der Waals surface area contributed by atoms with Crippen LogP contribution >= 0.6 is 0 Å². The van der Waals surface area contributed by atoms with E-state index in [0.717, 1.165) is 52.9 Å². The summed E-state index contributed by atoms with van der Waals surface area (Å²) in [6.45, 7) is 3.69. The molecule has 0 fully saturated rings. The Hall–Kier alpha value is -2.66. The predicted octanol–water partition coefficient (Wildman–Crippen LogP) is 2.77. The molecule has 1 aliphatic heterocycles. The van der Waals surface area contributed by atoms with Crippen LogP contribution in [0.15, 0.2) is 36.7 Å². The van der Waals surface area contributed by atoms with Crippen LogP contribution in [-0.4, -0.2) is 22.4 Å². The smallest absolute Gasteiger partial charge is 0.257 e. The first-order chi connectivity index (χ1) is 11.2. The van der Waals surface area contributed by atoms with Gasteiger partial charge in [-0.1, -0.05) is 0 Å². The second kappa shape index (κ2) is 5.52. The fraction of sp³-hybridized carbons (Fsp3) is 0.222. The number of hydrogen-bond acceptors (Lipinski definition) is 3. The van der Waals surface area contributed by atoms with Crippen LogP contribution in [0, 0.1) is 6.92 Å². The minimum Gasteiger partial charge on any atom is -0.359 e. The van der Waals surface area contributed by atoms with Crippen molar-refractivity contribution in [3.8, 4) is 0 Å². The standard InChI is InChI=1S/C18H18N4O/c1-11-6-12-7-14(2-3-17(12)21-11)22-18(23)16-10-20-9-13-8-19-5-4-15(13)16/h2-3,6-7,9-10,19,21H,4-5,8H2,1H3,(H,22,23). The Morgan fingerprint density at radius 2 is 2.17 bits per heavy atom. The molecule has 3 aromatic rings. The topological polar surface area (TPSA) is 69.8 Å². The van der Waals surface area contributed by atoms with Gasteiger partial charge in [0.05, 0.1) is 5.56 Å². The molecule has 3 N–H and O–H groups in total. The Morgan fingerprint density at radius 1 is 1.26 bits per heavy atom. The summed E-state index contributed by atoms with van der Waals surface area (Å²) < 4.78 is 0. The highest BCUT2D eigenvalue weighted by atomic mass is 16.1. The number of hydrogen-bond donors (Lipinski definition) is 3. The number of aromatic nitrogens is 2. The molecule has 0 bridgehead atoms. The van der Waals surface area contributed by atoms with E-state index in [1.807, 2.05) is 31.3 Å². The Labute approximate surface area is 134 Å². The summed E-state index contributed by atoms with van der Waals surface area (Å²) in [6, 6.07) is 7.96. The van der Waals surface area contributed by atoms with Crippen molar-refractivity contribution >= 4 is 22.5 Å². The van der Waals surface area contributed by atoms with Gasteiger partial charge in [0.25, 0.3) is 5.91 Å². The maximum Gasteiger partial charge on any atom is 0.257 e. The molecule has 0 spiro atoms. The number of nitrogens with zero attached hydrogens (tertiary/aromatic N) is 1. The van der Waals surface area contributed by atoms with Crippen molar-refractivity contribution in [3.05, 3.63) is 59.0 Å². The number of amides is 1. The van der Waals surface area contributed by atoms with Crippen LogP contribution in [0.3, 0.4) is 0 Å². The largest absolute Gasteiger partial charge is 0.359 e. The lowest BCUT2D eigenvalue weighted by molar-refractivity contribution is 0.102. The van der Waals surface area contributed by atoms with E-state index in [4.69, 9.17) is 0 Å². The van der Waals surface area contributed by atoms with Crippen molar-refractivity contribution in [2.45, 2.75) is 19.9 Å². The average Bonchev–Trinajstić information content (AvgIpc) is 2.93. The highest BCUT2D eigenvalue weighted by molar-refractivity contribution is 6.06. The third-order valence-electron chi connectivity index (χ3n) is 4.27. The third-order valence-corrected chi connectivity index (χ3v) is 4.27. The number of pyridine rings is 1. The summed E-state index contributed by atoms with van der Waals surface area (Å²) in [4.78, 5) is 20.1. The van der Waals surface area contributed by atoms with Gasteiger partial charge < -0.3 is 15.6 Å². The molecule has 0 saturated carbocycles. The van der Waals surface area contributed by atoms with Crippen LogP contribution in [0.4, 0.5) is 5.69 Å². The minimum atomic E-state index is -0.0946. The van der Waals surface area contributed by atoms with Crippen molar-refractivity contribution in [1.82, 2.24) is 15.3 Å². The molecule has 1 amide bonds. The van der Waals surface area contributed by atoms with Crippen LogP contribution in [0.1, 0.15) is 27.2 Å². The summed E-state index contributed by atoms with van der Waals surface area (Å²) in [7, 11) is 0. The summed E-state index contributed by atoms with van der Waals surface area (Å²) in [5.74, 6) is -0.0946. The Kier molecular flexibility index (Phi) is 3.35. The van der Waals surface area contributed by atoms with Crippen molar-refractivity contribution in [1.29, 1.82) is 0 Å². The second-order valence-corrected chi connectivity index (χ2v) is 5.96. The molecule has 5 nitrogen and oxygen atoms in total. The van der Waals surface area contributed by atoms with Crippen LogP contribution in [-0.2, 0) is 13.0 Å². The third kappa shape index (κ3) is 2.59. The molecule has 23 heavy (non-hydrogen) atoms. The summed E-state index contributed by atoms with van der Waals surface area (Å²) in [5, 5.41) is 7.40. The zero-order chi connectivity index (χ0) is 15.8. The van der Waals surface area contributed by atoms with Gasteiger partial charge in [0.15, 0.2) is 0 Å². The van der Waals surface area contributed by atoms with Gasteiger partial charge in [-0.2, -0.15) is 0 Å². The maximum atomic E-state index is 12.6. The molecule has 0 aliphatic carbocycles. The summed E-state index contributed by atoms with van der Waals surface area (Å²) >= 11 is 0. The number of aryl methyl sites for hydroxylation is 1. The Bertz CT molecular complexity index is 897. The number of carbonyl (C=O) groups excluding carboxylic acids is 1. The molecule has 2 aromatic heterocycles. The van der Waals surface area contributed by atoms with E-state index >= 15 is 0 Å². The van der Waals surface area contributed by atoms with Crippen LogP contribution < -0.4 is 10.6 Å². The molecule has 0 radical (unpaired) electrons. The highest BCUT2D eigenvalue weighted by Gasteiger charge is 2.18. The van der Waals surface area contributed by atoms with Gasteiger partial charge in [0.1, 0.15) is 0 Å². The van der Waals surface area contributed by atoms with Crippen molar-refractivity contribution < 1.29 is 4.79 Å². The van der Waals surface area contributed by atoms with Crippen LogP contribution in [0.25, 0.3) is 10.9 Å². The van der Waals surface area contributed by atoms with Gasteiger partial charge >= 0.3 is 0 Å². The molecular weight excluding hydrogens is 288 g/mol. The van der Waals surface area contributed by atoms with Gasteiger partial charge in [-0.25, -0.2) is 0 Å². The van der Waals surface area contributed by atoms with Crippen molar-refractivity contribution in [2.24, 2.45) is 0 Å². The lowest BCUT2D eigenvalue weighted by Gasteiger charge is -2.19. The molecule has 1 aromatic carbocycles. The zero-order valence-corrected chi connectivity index (χ0v) is 12.9. The first-order valence-electron chi connectivity index (χ1n) is 7.78.